The first-order valence-corrected chi connectivity index (χ1v) is 9.87. The van der Waals surface area contributed by atoms with E-state index in [4.69, 9.17) is 10.8 Å². The van der Waals surface area contributed by atoms with Gasteiger partial charge in [-0.25, -0.2) is 0 Å². The van der Waals surface area contributed by atoms with Gasteiger partial charge in [-0.1, -0.05) is 6.07 Å². The molecule has 2 aromatic carbocycles. The predicted molar refractivity (Wildman–Crippen MR) is 104 cm³/mol. The summed E-state index contributed by atoms with van der Waals surface area (Å²) in [6, 6.07) is 6.82. The number of aromatic hydroxyl groups is 2. The number of carboxylic acids is 1. The van der Waals surface area contributed by atoms with Crippen LogP contribution in [0.4, 0.5) is 0 Å². The van der Waals surface area contributed by atoms with E-state index in [2.05, 4.69) is 18.0 Å². The summed E-state index contributed by atoms with van der Waals surface area (Å²) < 4.78 is 0. The van der Waals surface area contributed by atoms with Crippen LogP contribution in [0.3, 0.4) is 0 Å². The molecule has 7 heteroatoms. The Morgan fingerprint density at radius 3 is 2.85 bits per heavy atom. The normalized spacial score (nSPS) is 19.3. The lowest BCUT2D eigenvalue weighted by Crippen LogP contribution is -2.35. The Morgan fingerprint density at radius 2 is 2.11 bits per heavy atom. The van der Waals surface area contributed by atoms with Gasteiger partial charge in [-0.05, 0) is 60.3 Å². The Hall–Kier alpha value is -2.22. The maximum atomic E-state index is 11.0. The average Bonchev–Trinajstić information content (AvgIpc) is 2.65. The van der Waals surface area contributed by atoms with Crippen molar-refractivity contribution >= 4 is 17.7 Å². The van der Waals surface area contributed by atoms with Crippen molar-refractivity contribution in [3.63, 3.8) is 0 Å². The predicted octanol–water partition coefficient (Wildman–Crippen LogP) is 2.35. The van der Waals surface area contributed by atoms with E-state index in [1.54, 1.807) is 0 Å². The summed E-state index contributed by atoms with van der Waals surface area (Å²) in [7, 11) is 2.11. The number of phenolic OH excluding ortho intramolecular Hbond substituents is 2. The number of benzene rings is 2. The van der Waals surface area contributed by atoms with Crippen LogP contribution >= 0.6 is 11.8 Å². The van der Waals surface area contributed by atoms with E-state index in [0.29, 0.717) is 5.56 Å². The van der Waals surface area contributed by atoms with Gasteiger partial charge in [-0.15, -0.1) is 11.8 Å². The van der Waals surface area contributed by atoms with Gasteiger partial charge in [0.2, 0.25) is 0 Å². The van der Waals surface area contributed by atoms with Gasteiger partial charge in [0.05, 0.1) is 0 Å². The second-order valence-corrected chi connectivity index (χ2v) is 8.31. The van der Waals surface area contributed by atoms with E-state index >= 15 is 0 Å². The molecule has 0 aromatic heterocycles. The van der Waals surface area contributed by atoms with Gasteiger partial charge in [0, 0.05) is 28.8 Å². The van der Waals surface area contributed by atoms with E-state index < -0.39 is 12.0 Å². The summed E-state index contributed by atoms with van der Waals surface area (Å²) >= 11 is 1.41. The number of fused-ring (bicyclic) bond motifs is 2. The third-order valence-electron chi connectivity index (χ3n) is 5.51. The number of thioether (sulfide) groups is 1. The summed E-state index contributed by atoms with van der Waals surface area (Å²) in [5.74, 6) is -0.964. The Morgan fingerprint density at radius 1 is 1.33 bits per heavy atom. The zero-order chi connectivity index (χ0) is 19.3. The highest BCUT2D eigenvalue weighted by Crippen LogP contribution is 2.51. The van der Waals surface area contributed by atoms with Crippen LogP contribution in [0, 0.1) is 0 Å². The number of carboxylic acid groups (broad SMARTS) is 1. The van der Waals surface area contributed by atoms with Gasteiger partial charge in [-0.2, -0.15) is 0 Å². The number of phenols is 2. The summed E-state index contributed by atoms with van der Waals surface area (Å²) in [6.07, 6.45) is 1.68. The Bertz CT molecular complexity index is 931. The Labute approximate surface area is 161 Å². The molecule has 2 aliphatic rings. The van der Waals surface area contributed by atoms with Gasteiger partial charge >= 0.3 is 5.97 Å². The molecule has 0 amide bonds. The SMILES string of the molecule is CN1CCc2cc(SC[C@@H](N)C(=O)O)cc3c2[C@H]1Cc1ccc(O)c(O)c1-3. The Kier molecular flexibility index (Phi) is 4.53. The lowest BCUT2D eigenvalue weighted by Gasteiger charge is -2.40. The number of nitrogens with two attached hydrogens (primary N) is 1. The van der Waals surface area contributed by atoms with Gasteiger partial charge < -0.3 is 21.1 Å². The van der Waals surface area contributed by atoms with Crippen molar-refractivity contribution in [2.75, 3.05) is 19.3 Å². The number of hydrogen-bond acceptors (Lipinski definition) is 6. The van der Waals surface area contributed by atoms with Crippen LogP contribution in [0.2, 0.25) is 0 Å². The maximum Gasteiger partial charge on any atom is 0.321 e. The van der Waals surface area contributed by atoms with Crippen molar-refractivity contribution in [2.45, 2.75) is 29.8 Å². The molecule has 4 rings (SSSR count). The number of aliphatic carboxylic acids is 1. The van der Waals surface area contributed by atoms with E-state index in [-0.39, 0.29) is 23.3 Å². The number of nitrogens with zero attached hydrogens (tertiary/aromatic N) is 1. The molecule has 1 aliphatic carbocycles. The van der Waals surface area contributed by atoms with Gasteiger partial charge in [0.1, 0.15) is 6.04 Å². The third kappa shape index (κ3) is 3.05. The van der Waals surface area contributed by atoms with E-state index in [0.717, 1.165) is 35.4 Å². The fourth-order valence-corrected chi connectivity index (χ4v) is 5.01. The van der Waals surface area contributed by atoms with Crippen molar-refractivity contribution < 1.29 is 20.1 Å². The fraction of sp³-hybridized carbons (Fsp3) is 0.350. The molecular formula is C20H22N2O4S. The molecule has 1 aliphatic heterocycles. The molecule has 0 fully saturated rings. The number of rotatable bonds is 4. The molecule has 0 spiro atoms. The van der Waals surface area contributed by atoms with Crippen molar-refractivity contribution in [3.05, 3.63) is 41.0 Å². The van der Waals surface area contributed by atoms with Gasteiger partial charge in [-0.3, -0.25) is 9.69 Å². The van der Waals surface area contributed by atoms with Crippen LogP contribution < -0.4 is 5.73 Å². The van der Waals surface area contributed by atoms with E-state index in [9.17, 15) is 15.0 Å². The quantitative estimate of drug-likeness (QED) is 0.472. The summed E-state index contributed by atoms with van der Waals surface area (Å²) in [5, 5.41) is 29.6. The molecule has 0 radical (unpaired) electrons. The van der Waals surface area contributed by atoms with Crippen LogP contribution in [-0.4, -0.2) is 51.6 Å². The van der Waals surface area contributed by atoms with Crippen LogP contribution in [0.15, 0.2) is 29.2 Å². The summed E-state index contributed by atoms with van der Waals surface area (Å²) in [5.41, 5.74) is 10.7. The molecule has 27 heavy (non-hydrogen) atoms. The van der Waals surface area contributed by atoms with Crippen molar-refractivity contribution in [2.24, 2.45) is 5.73 Å². The minimum absolute atomic E-state index is 0.0919. The zero-order valence-electron chi connectivity index (χ0n) is 15.0. The second kappa shape index (κ2) is 6.74. The van der Waals surface area contributed by atoms with Crippen LogP contribution in [-0.2, 0) is 17.6 Å². The molecule has 6 nitrogen and oxygen atoms in total. The third-order valence-corrected chi connectivity index (χ3v) is 6.61. The number of hydrogen-bond donors (Lipinski definition) is 4. The molecule has 0 bridgehead atoms. The molecular weight excluding hydrogens is 364 g/mol. The van der Waals surface area contributed by atoms with Crippen LogP contribution in [0.1, 0.15) is 22.7 Å². The molecule has 0 saturated heterocycles. The Balaban J connectivity index is 1.83. The minimum Gasteiger partial charge on any atom is -0.504 e. The highest BCUT2D eigenvalue weighted by molar-refractivity contribution is 7.99. The smallest absolute Gasteiger partial charge is 0.321 e. The van der Waals surface area contributed by atoms with Crippen LogP contribution in [0.25, 0.3) is 11.1 Å². The minimum atomic E-state index is -1.02. The number of carbonyl (C=O) groups is 1. The lowest BCUT2D eigenvalue weighted by atomic mass is 9.77. The summed E-state index contributed by atoms with van der Waals surface area (Å²) in [4.78, 5) is 14.3. The zero-order valence-corrected chi connectivity index (χ0v) is 15.8. The molecule has 0 saturated carbocycles. The first kappa shape index (κ1) is 18.2. The topological polar surface area (TPSA) is 107 Å². The molecule has 2 atom stereocenters. The first-order chi connectivity index (χ1) is 12.9. The molecule has 0 unspecified atom stereocenters. The molecule has 5 N–H and O–H groups in total. The highest BCUT2D eigenvalue weighted by Gasteiger charge is 2.35. The van der Waals surface area contributed by atoms with E-state index in [1.807, 2.05) is 12.1 Å². The highest BCUT2D eigenvalue weighted by atomic mass is 32.2. The standard InChI is InChI=1S/C20H22N2O4S/c1-22-5-4-11-6-12(27-9-14(21)20(25)26)8-13-17(11)15(22)7-10-2-3-16(23)19(24)18(10)13/h2-3,6,8,14-15,23-24H,4-5,7,9,21H2,1H3,(H,25,26)/t14-,15-/m1/s1. The summed E-state index contributed by atoms with van der Waals surface area (Å²) in [6.45, 7) is 0.944. The fourth-order valence-electron chi connectivity index (χ4n) is 4.06. The first-order valence-electron chi connectivity index (χ1n) is 8.89. The second-order valence-electron chi connectivity index (χ2n) is 7.22. The maximum absolute atomic E-state index is 11.0. The monoisotopic (exact) mass is 386 g/mol. The van der Waals surface area contributed by atoms with Crippen molar-refractivity contribution in [3.8, 4) is 22.6 Å². The van der Waals surface area contributed by atoms with Crippen LogP contribution in [0.5, 0.6) is 11.5 Å². The van der Waals surface area contributed by atoms with Crippen molar-refractivity contribution in [1.82, 2.24) is 4.90 Å². The molecule has 1 heterocycles. The average molecular weight is 386 g/mol. The largest absolute Gasteiger partial charge is 0.504 e. The van der Waals surface area contributed by atoms with E-state index in [1.165, 1.54) is 29.0 Å². The number of likely N-dealkylation sites (N-methyl/N-ethyl adjacent to an activating group) is 1. The molecule has 2 aromatic rings. The molecule has 142 valence electrons. The van der Waals surface area contributed by atoms with Crippen molar-refractivity contribution in [1.29, 1.82) is 0 Å². The van der Waals surface area contributed by atoms with Gasteiger partial charge in [0.25, 0.3) is 0 Å². The lowest BCUT2D eigenvalue weighted by molar-refractivity contribution is -0.137. The van der Waals surface area contributed by atoms with Gasteiger partial charge in [0.15, 0.2) is 11.5 Å².